The minimum Gasteiger partial charge on any atom is -0.381 e. The van der Waals surface area contributed by atoms with Crippen molar-refractivity contribution in [2.45, 2.75) is 58.9 Å². The largest absolute Gasteiger partial charge is 0.381 e. The molecule has 7 heteroatoms. The zero-order chi connectivity index (χ0) is 21.4. The molecule has 30 heavy (non-hydrogen) atoms. The van der Waals surface area contributed by atoms with E-state index in [-0.39, 0.29) is 0 Å². The van der Waals surface area contributed by atoms with E-state index in [1.54, 1.807) is 0 Å². The predicted molar refractivity (Wildman–Crippen MR) is 123 cm³/mol. The van der Waals surface area contributed by atoms with Crippen molar-refractivity contribution in [1.82, 2.24) is 15.5 Å². The Balaban J connectivity index is 1.74. The fourth-order valence-electron chi connectivity index (χ4n) is 4.38. The van der Waals surface area contributed by atoms with Crippen LogP contribution in [0, 0.1) is 11.8 Å². The molecule has 0 spiro atoms. The Hall–Kier alpha value is -0.890. The van der Waals surface area contributed by atoms with E-state index in [0.29, 0.717) is 17.9 Å². The molecule has 176 valence electrons. The molecular weight excluding hydrogens is 380 g/mol. The lowest BCUT2D eigenvalue weighted by atomic mass is 9.92. The Labute approximate surface area is 184 Å². The summed E-state index contributed by atoms with van der Waals surface area (Å²) in [5, 5.41) is 6.89. The average molecular weight is 427 g/mol. The summed E-state index contributed by atoms with van der Waals surface area (Å²) in [5.41, 5.74) is 0. The third-order valence-corrected chi connectivity index (χ3v) is 6.34. The van der Waals surface area contributed by atoms with Crippen LogP contribution in [-0.2, 0) is 14.2 Å². The van der Waals surface area contributed by atoms with Gasteiger partial charge in [-0.15, -0.1) is 0 Å². The van der Waals surface area contributed by atoms with Gasteiger partial charge in [-0.2, -0.15) is 0 Å². The summed E-state index contributed by atoms with van der Waals surface area (Å²) in [6.07, 6.45) is 5.66. The highest BCUT2D eigenvalue weighted by atomic mass is 16.5. The van der Waals surface area contributed by atoms with Gasteiger partial charge in [-0.1, -0.05) is 26.7 Å². The van der Waals surface area contributed by atoms with Crippen LogP contribution in [0.15, 0.2) is 4.99 Å². The van der Waals surface area contributed by atoms with Crippen LogP contribution in [0.4, 0.5) is 0 Å². The van der Waals surface area contributed by atoms with E-state index >= 15 is 0 Å². The predicted octanol–water partition coefficient (Wildman–Crippen LogP) is 2.51. The molecule has 0 radical (unpaired) electrons. The van der Waals surface area contributed by atoms with Crippen molar-refractivity contribution in [1.29, 1.82) is 0 Å². The molecule has 2 fully saturated rings. The molecule has 0 amide bonds. The van der Waals surface area contributed by atoms with Crippen LogP contribution in [0.2, 0.25) is 0 Å². The van der Waals surface area contributed by atoms with Crippen LogP contribution in [0.3, 0.4) is 0 Å². The minimum absolute atomic E-state index is 0.488. The zero-order valence-electron chi connectivity index (χ0n) is 19.7. The fourth-order valence-corrected chi connectivity index (χ4v) is 4.38. The van der Waals surface area contributed by atoms with Gasteiger partial charge in [0.05, 0.1) is 19.8 Å². The molecule has 2 aliphatic rings. The molecule has 1 unspecified atom stereocenters. The smallest absolute Gasteiger partial charge is 0.191 e. The number of rotatable bonds is 13. The number of nitrogens with zero attached hydrogens (tertiary/aromatic N) is 2. The second-order valence-electron chi connectivity index (χ2n) is 8.42. The molecule has 2 aliphatic heterocycles. The summed E-state index contributed by atoms with van der Waals surface area (Å²) < 4.78 is 16.8. The van der Waals surface area contributed by atoms with Gasteiger partial charge in [-0.05, 0) is 38.0 Å². The molecule has 0 saturated carbocycles. The molecule has 2 rings (SSSR count). The molecule has 0 aromatic heterocycles. The van der Waals surface area contributed by atoms with Crippen LogP contribution in [-0.4, -0.2) is 89.3 Å². The molecule has 2 N–H and O–H groups in total. The van der Waals surface area contributed by atoms with Gasteiger partial charge in [0, 0.05) is 58.6 Å². The van der Waals surface area contributed by atoms with Crippen molar-refractivity contribution >= 4 is 5.96 Å². The van der Waals surface area contributed by atoms with Crippen molar-refractivity contribution in [2.24, 2.45) is 16.8 Å². The summed E-state index contributed by atoms with van der Waals surface area (Å²) in [6, 6.07) is 0.488. The first-order valence-electron chi connectivity index (χ1n) is 12.3. The van der Waals surface area contributed by atoms with Crippen LogP contribution in [0.5, 0.6) is 0 Å². The SMILES string of the molecule is CCNC(=NCC(C(CC)CC)N1CCOCC1)NCCCOCC1CCOCC1. The first-order chi connectivity index (χ1) is 14.8. The van der Waals surface area contributed by atoms with E-state index in [2.05, 4.69) is 36.3 Å². The maximum atomic E-state index is 5.88. The second kappa shape index (κ2) is 15.8. The maximum absolute atomic E-state index is 5.88. The number of hydrogen-bond donors (Lipinski definition) is 2. The molecule has 2 saturated heterocycles. The maximum Gasteiger partial charge on any atom is 0.191 e. The average Bonchev–Trinajstić information content (AvgIpc) is 2.80. The first kappa shape index (κ1) is 25.4. The Morgan fingerprint density at radius 2 is 1.73 bits per heavy atom. The lowest BCUT2D eigenvalue weighted by Crippen LogP contribution is -2.49. The van der Waals surface area contributed by atoms with E-state index in [4.69, 9.17) is 19.2 Å². The van der Waals surface area contributed by atoms with Crippen molar-refractivity contribution in [3.05, 3.63) is 0 Å². The summed E-state index contributed by atoms with van der Waals surface area (Å²) in [6.45, 7) is 16.5. The number of guanidine groups is 1. The number of ether oxygens (including phenoxy) is 3. The van der Waals surface area contributed by atoms with E-state index < -0.39 is 0 Å². The van der Waals surface area contributed by atoms with Gasteiger partial charge in [-0.25, -0.2) is 0 Å². The van der Waals surface area contributed by atoms with Crippen LogP contribution < -0.4 is 10.6 Å². The number of aliphatic imine (C=N–C) groups is 1. The summed E-state index contributed by atoms with van der Waals surface area (Å²) in [4.78, 5) is 7.54. The zero-order valence-corrected chi connectivity index (χ0v) is 19.7. The van der Waals surface area contributed by atoms with Gasteiger partial charge in [0.1, 0.15) is 0 Å². The Kier molecular flexibility index (Phi) is 13.4. The van der Waals surface area contributed by atoms with Crippen molar-refractivity contribution in [2.75, 3.05) is 72.4 Å². The van der Waals surface area contributed by atoms with Gasteiger partial charge in [0.2, 0.25) is 0 Å². The highest BCUT2D eigenvalue weighted by Gasteiger charge is 2.26. The summed E-state index contributed by atoms with van der Waals surface area (Å²) in [5.74, 6) is 2.27. The number of morpholine rings is 1. The lowest BCUT2D eigenvalue weighted by molar-refractivity contribution is 0.00395. The standard InChI is InChI=1S/C23H46N4O3/c1-4-21(5-2)22(27-11-16-29-17-12-27)18-26-23(24-6-3)25-10-7-13-30-19-20-8-14-28-15-9-20/h20-22H,4-19H2,1-3H3,(H2,24,25,26). The summed E-state index contributed by atoms with van der Waals surface area (Å²) in [7, 11) is 0. The fraction of sp³-hybridized carbons (Fsp3) is 0.957. The van der Waals surface area contributed by atoms with Gasteiger partial charge in [0.15, 0.2) is 5.96 Å². The number of nitrogens with one attached hydrogen (secondary N) is 2. The second-order valence-corrected chi connectivity index (χ2v) is 8.42. The van der Waals surface area contributed by atoms with Gasteiger partial charge < -0.3 is 24.8 Å². The molecule has 2 heterocycles. The van der Waals surface area contributed by atoms with E-state index in [1.807, 2.05) is 0 Å². The molecule has 0 aromatic rings. The lowest BCUT2D eigenvalue weighted by Gasteiger charge is -2.38. The Morgan fingerprint density at radius 1 is 1.03 bits per heavy atom. The van der Waals surface area contributed by atoms with E-state index in [1.165, 1.54) is 12.8 Å². The highest BCUT2D eigenvalue weighted by Crippen LogP contribution is 2.20. The third-order valence-electron chi connectivity index (χ3n) is 6.34. The van der Waals surface area contributed by atoms with Crippen LogP contribution in [0.1, 0.15) is 52.9 Å². The molecule has 7 nitrogen and oxygen atoms in total. The minimum atomic E-state index is 0.488. The van der Waals surface area contributed by atoms with Gasteiger partial charge in [0.25, 0.3) is 0 Å². The normalized spacial score (nSPS) is 20.5. The van der Waals surface area contributed by atoms with Crippen molar-refractivity contribution in [3.8, 4) is 0 Å². The highest BCUT2D eigenvalue weighted by molar-refractivity contribution is 5.79. The number of hydrogen-bond acceptors (Lipinski definition) is 5. The Bertz CT molecular complexity index is 448. The molecular formula is C23H46N4O3. The van der Waals surface area contributed by atoms with Crippen molar-refractivity contribution < 1.29 is 14.2 Å². The van der Waals surface area contributed by atoms with Crippen LogP contribution >= 0.6 is 0 Å². The van der Waals surface area contributed by atoms with E-state index in [9.17, 15) is 0 Å². The van der Waals surface area contributed by atoms with Crippen LogP contribution in [0.25, 0.3) is 0 Å². The van der Waals surface area contributed by atoms with Gasteiger partial charge in [-0.3, -0.25) is 9.89 Å². The Morgan fingerprint density at radius 3 is 2.40 bits per heavy atom. The molecule has 1 atom stereocenters. The topological polar surface area (TPSA) is 67.4 Å². The first-order valence-corrected chi connectivity index (χ1v) is 12.3. The van der Waals surface area contributed by atoms with Crippen molar-refractivity contribution in [3.63, 3.8) is 0 Å². The van der Waals surface area contributed by atoms with E-state index in [0.717, 1.165) is 97.6 Å². The molecule has 0 aromatic carbocycles. The third kappa shape index (κ3) is 9.50. The monoisotopic (exact) mass is 426 g/mol. The summed E-state index contributed by atoms with van der Waals surface area (Å²) >= 11 is 0. The molecule has 0 bridgehead atoms. The molecule has 0 aliphatic carbocycles. The quantitative estimate of drug-likeness (QED) is 0.268. The van der Waals surface area contributed by atoms with Gasteiger partial charge >= 0.3 is 0 Å².